The summed E-state index contributed by atoms with van der Waals surface area (Å²) in [5, 5.41) is 39.0. The molecule has 2 aromatic carbocycles. The van der Waals surface area contributed by atoms with Crippen LogP contribution in [0.1, 0.15) is 58.7 Å². The number of nitriles is 4. The van der Waals surface area contributed by atoms with E-state index in [9.17, 15) is 37.9 Å². The Labute approximate surface area is 291 Å². The number of thiophene rings is 2. The second-order valence-corrected chi connectivity index (χ2v) is 17.5. The topological polar surface area (TPSA) is 163 Å². The molecule has 49 heavy (non-hydrogen) atoms. The van der Waals surface area contributed by atoms with E-state index >= 15 is 0 Å². The van der Waals surface area contributed by atoms with E-state index in [1.165, 1.54) is 34.8 Å². The first-order valence-corrected chi connectivity index (χ1v) is 19.6. The van der Waals surface area contributed by atoms with Gasteiger partial charge in [0.05, 0.1) is 19.6 Å². The average Bonchev–Trinajstić information content (AvgIpc) is 3.86. The molecule has 1 aliphatic carbocycles. The largest absolute Gasteiger partial charge is 0.218 e. The van der Waals surface area contributed by atoms with Crippen molar-refractivity contribution in [3.63, 3.8) is 0 Å². The molecule has 0 unspecified atom stereocenters. The molecule has 0 N–H and O–H groups in total. The first-order valence-electron chi connectivity index (χ1n) is 15.0. The lowest BCUT2D eigenvalue weighted by molar-refractivity contribution is 0.492. The standard InChI is InChI=1S/C37H22N4O4S4/c1-3-37(4-2)27-13-23(15-31-33(21(17-38)18-39)25-9-5-7-11-29(25)48(31,42)43)46-35(27)36-28(37)14-24(47-36)16-32-34(22(19-40)20-41)26-10-6-8-12-30(26)49(32,44)45/h5-16H,3-4H2,1-2H3/b31-15-,32-16-. The molecule has 12 heteroatoms. The Balaban J connectivity index is 1.42. The summed E-state index contributed by atoms with van der Waals surface area (Å²) in [6.45, 7) is 4.15. The van der Waals surface area contributed by atoms with Crippen LogP contribution in [0.2, 0.25) is 0 Å². The molecule has 238 valence electrons. The Morgan fingerprint density at radius 1 is 0.653 bits per heavy atom. The highest BCUT2D eigenvalue weighted by atomic mass is 32.2. The molecule has 7 rings (SSSR count). The molecular weight excluding hydrogens is 693 g/mol. The second-order valence-electron chi connectivity index (χ2n) is 11.5. The first-order chi connectivity index (χ1) is 23.5. The number of sulfone groups is 2. The summed E-state index contributed by atoms with van der Waals surface area (Å²) in [6, 6.07) is 24.1. The molecule has 0 amide bonds. The number of rotatable bonds is 4. The van der Waals surface area contributed by atoms with E-state index < -0.39 is 25.1 Å². The van der Waals surface area contributed by atoms with E-state index in [0.29, 0.717) is 33.7 Å². The minimum atomic E-state index is -4.02. The molecule has 4 heterocycles. The minimum Gasteiger partial charge on any atom is -0.218 e. The highest BCUT2D eigenvalue weighted by Gasteiger charge is 2.45. The molecule has 0 radical (unpaired) electrons. The van der Waals surface area contributed by atoms with Gasteiger partial charge >= 0.3 is 0 Å². The lowest BCUT2D eigenvalue weighted by Crippen LogP contribution is -2.22. The Morgan fingerprint density at radius 2 is 1.02 bits per heavy atom. The maximum Gasteiger partial charge on any atom is 0.207 e. The van der Waals surface area contributed by atoms with Crippen molar-refractivity contribution < 1.29 is 16.8 Å². The Bertz CT molecular complexity index is 2490. The van der Waals surface area contributed by atoms with Gasteiger partial charge in [-0.3, -0.25) is 0 Å². The molecule has 2 aromatic heterocycles. The number of fused-ring (bicyclic) bond motifs is 5. The van der Waals surface area contributed by atoms with Gasteiger partial charge in [-0.05, 0) is 60.4 Å². The molecule has 4 aromatic rings. The number of benzene rings is 2. The van der Waals surface area contributed by atoms with Gasteiger partial charge in [0.2, 0.25) is 19.7 Å². The summed E-state index contributed by atoms with van der Waals surface area (Å²) in [4.78, 5) is 3.04. The predicted octanol–water partition coefficient (Wildman–Crippen LogP) is 8.15. The van der Waals surface area contributed by atoms with Crippen LogP contribution in [-0.4, -0.2) is 16.8 Å². The van der Waals surface area contributed by atoms with E-state index in [1.54, 1.807) is 48.6 Å². The van der Waals surface area contributed by atoms with Crippen LogP contribution >= 0.6 is 22.7 Å². The fourth-order valence-electron chi connectivity index (χ4n) is 7.10. The number of hydrogen-bond acceptors (Lipinski definition) is 10. The van der Waals surface area contributed by atoms with E-state index in [1.807, 2.05) is 36.4 Å². The molecule has 0 bridgehead atoms. The van der Waals surface area contributed by atoms with Gasteiger partial charge in [-0.1, -0.05) is 50.2 Å². The maximum atomic E-state index is 13.8. The maximum absolute atomic E-state index is 13.8. The van der Waals surface area contributed by atoms with Crippen molar-refractivity contribution >= 4 is 65.6 Å². The van der Waals surface area contributed by atoms with Crippen molar-refractivity contribution in [3.05, 3.63) is 114 Å². The van der Waals surface area contributed by atoms with Crippen LogP contribution < -0.4 is 0 Å². The number of hydrogen-bond donors (Lipinski definition) is 0. The molecule has 0 spiro atoms. The van der Waals surface area contributed by atoms with Crippen LogP contribution in [0.5, 0.6) is 0 Å². The predicted molar refractivity (Wildman–Crippen MR) is 188 cm³/mol. The highest BCUT2D eigenvalue weighted by molar-refractivity contribution is 7.97. The Morgan fingerprint density at radius 3 is 1.37 bits per heavy atom. The van der Waals surface area contributed by atoms with Crippen LogP contribution in [0.25, 0.3) is 33.1 Å². The van der Waals surface area contributed by atoms with Crippen molar-refractivity contribution in [3.8, 4) is 34.0 Å². The van der Waals surface area contributed by atoms with Crippen molar-refractivity contribution in [2.45, 2.75) is 41.9 Å². The highest BCUT2D eigenvalue weighted by Crippen LogP contribution is 2.59. The van der Waals surface area contributed by atoms with E-state index in [-0.39, 0.29) is 41.9 Å². The van der Waals surface area contributed by atoms with Crippen molar-refractivity contribution in [1.29, 1.82) is 21.0 Å². The molecule has 0 fully saturated rings. The van der Waals surface area contributed by atoms with Gasteiger partial charge in [0.15, 0.2) is 0 Å². The smallest absolute Gasteiger partial charge is 0.207 e. The zero-order valence-electron chi connectivity index (χ0n) is 25.9. The lowest BCUT2D eigenvalue weighted by atomic mass is 9.75. The normalized spacial score (nSPS) is 18.5. The van der Waals surface area contributed by atoms with Gasteiger partial charge in [-0.2, -0.15) is 21.0 Å². The van der Waals surface area contributed by atoms with Gasteiger partial charge < -0.3 is 0 Å². The molecule has 8 nitrogen and oxygen atoms in total. The van der Waals surface area contributed by atoms with Gasteiger partial charge in [0.1, 0.15) is 35.4 Å². The van der Waals surface area contributed by atoms with E-state index in [2.05, 4.69) is 13.8 Å². The van der Waals surface area contributed by atoms with E-state index in [4.69, 9.17) is 0 Å². The molecular formula is C37H22N4O4S4. The van der Waals surface area contributed by atoms with Crippen molar-refractivity contribution in [2.75, 3.05) is 0 Å². The zero-order chi connectivity index (χ0) is 34.9. The van der Waals surface area contributed by atoms with Crippen LogP contribution in [0, 0.1) is 45.3 Å². The fourth-order valence-corrected chi connectivity index (χ4v) is 13.2. The fraction of sp³-hybridized carbons (Fsp3) is 0.135. The molecule has 2 aliphatic heterocycles. The van der Waals surface area contributed by atoms with Gasteiger partial charge in [0, 0.05) is 47.2 Å². The van der Waals surface area contributed by atoms with Crippen molar-refractivity contribution in [2.24, 2.45) is 0 Å². The summed E-state index contributed by atoms with van der Waals surface area (Å²) >= 11 is 2.80. The first kappa shape index (κ1) is 32.2. The van der Waals surface area contributed by atoms with Gasteiger partial charge in [-0.15, -0.1) is 22.7 Å². The van der Waals surface area contributed by atoms with Crippen LogP contribution in [-0.2, 0) is 25.1 Å². The van der Waals surface area contributed by atoms with Gasteiger partial charge in [-0.25, -0.2) is 16.8 Å². The third-order valence-corrected chi connectivity index (χ3v) is 15.4. The minimum absolute atomic E-state index is 0.0476. The number of allylic oxidation sites excluding steroid dienone is 4. The number of nitrogens with zero attached hydrogens (tertiary/aromatic N) is 4. The summed E-state index contributed by atoms with van der Waals surface area (Å²) in [5.74, 6) is 0. The van der Waals surface area contributed by atoms with E-state index in [0.717, 1.165) is 20.9 Å². The van der Waals surface area contributed by atoms with Crippen LogP contribution in [0.4, 0.5) is 0 Å². The lowest BCUT2D eigenvalue weighted by Gasteiger charge is -2.28. The molecule has 3 aliphatic rings. The summed E-state index contributed by atoms with van der Waals surface area (Å²) < 4.78 is 55.0. The summed E-state index contributed by atoms with van der Waals surface area (Å²) in [5.41, 5.74) is 1.88. The van der Waals surface area contributed by atoms with Crippen LogP contribution in [0.3, 0.4) is 0 Å². The second kappa shape index (κ2) is 11.4. The zero-order valence-corrected chi connectivity index (χ0v) is 29.2. The van der Waals surface area contributed by atoms with Gasteiger partial charge in [0.25, 0.3) is 0 Å². The van der Waals surface area contributed by atoms with Crippen LogP contribution in [0.15, 0.2) is 91.4 Å². The SMILES string of the molecule is CCC1(CC)c2cc(/C=C3/C(=C(C#N)C#N)c4ccccc4S3(=O)=O)sc2-c2sc(/C=C3/C(=C(C#N)C#N)c4ccccc4S3(=O)=O)cc21. The van der Waals surface area contributed by atoms with Crippen molar-refractivity contribution in [1.82, 2.24) is 0 Å². The summed E-state index contributed by atoms with van der Waals surface area (Å²) in [7, 11) is -8.03. The summed E-state index contributed by atoms with van der Waals surface area (Å²) in [6.07, 6.45) is 4.51. The molecule has 0 saturated carbocycles. The Hall–Kier alpha value is -5.34. The third-order valence-electron chi connectivity index (χ3n) is 9.40. The monoisotopic (exact) mass is 714 g/mol. The molecule has 0 atom stereocenters. The third kappa shape index (κ3) is 4.40. The average molecular weight is 715 g/mol. The molecule has 0 saturated heterocycles. The Kier molecular flexibility index (Phi) is 7.48. The quantitative estimate of drug-likeness (QED) is 0.191.